The lowest BCUT2D eigenvalue weighted by atomic mass is 10.0. The number of carbonyl (C=O) groups excluding carboxylic acids is 3. The van der Waals surface area contributed by atoms with Crippen molar-refractivity contribution in [1.82, 2.24) is 20.0 Å². The topological polar surface area (TPSA) is 263 Å². The van der Waals surface area contributed by atoms with Crippen molar-refractivity contribution in [1.29, 1.82) is 0 Å². The Morgan fingerprint density at radius 2 is 0.985 bits per heavy atom. The summed E-state index contributed by atoms with van der Waals surface area (Å²) in [5.74, 6) is -11.2. The summed E-state index contributed by atoms with van der Waals surface area (Å²) in [6, 6.07) is 14.7. The van der Waals surface area contributed by atoms with Crippen LogP contribution in [0, 0.1) is 0 Å². The molecule has 3 aliphatic rings. The number of likely N-dealkylation sites (tertiary alicyclic amines) is 1. The number of fused-ring (bicyclic) bond motifs is 2. The van der Waals surface area contributed by atoms with Gasteiger partial charge in [0.05, 0.1) is 29.2 Å². The third-order valence-corrected chi connectivity index (χ3v) is 8.88. The van der Waals surface area contributed by atoms with E-state index in [1.807, 2.05) is 36.4 Å². The third kappa shape index (κ3) is 21.7. The molecule has 0 aliphatic carbocycles. The molecule has 2 aromatic carbocycles. The van der Waals surface area contributed by atoms with Crippen molar-refractivity contribution >= 4 is 58.7 Å². The van der Waals surface area contributed by atoms with E-state index in [4.69, 9.17) is 45.3 Å². The first-order valence-electron chi connectivity index (χ1n) is 19.0. The number of hydrogen-bond donors (Lipinski definition) is 7. The van der Waals surface area contributed by atoms with E-state index >= 15 is 0 Å². The van der Waals surface area contributed by atoms with Gasteiger partial charge in [0.15, 0.2) is 0 Å². The van der Waals surface area contributed by atoms with E-state index < -0.39 is 48.6 Å². The third-order valence-electron chi connectivity index (χ3n) is 8.88. The molecule has 2 fully saturated rings. The lowest BCUT2D eigenvalue weighted by molar-refractivity contribution is -0.193. The van der Waals surface area contributed by atoms with Crippen molar-refractivity contribution in [3.8, 4) is 0 Å². The fourth-order valence-corrected chi connectivity index (χ4v) is 5.70. The van der Waals surface area contributed by atoms with Crippen LogP contribution in [0.3, 0.4) is 0 Å². The summed E-state index contributed by atoms with van der Waals surface area (Å²) < 4.78 is 127. The van der Waals surface area contributed by atoms with Gasteiger partial charge in [-0.15, -0.1) is 0 Å². The molecule has 67 heavy (non-hydrogen) atoms. The number of carboxylic acid groups (broad SMARTS) is 4. The number of piperazine rings is 1. The van der Waals surface area contributed by atoms with Crippen LogP contribution in [0.5, 0.6) is 0 Å². The molecule has 0 bridgehead atoms. The summed E-state index contributed by atoms with van der Waals surface area (Å²) in [5, 5.41) is 34.6. The molecule has 18 nitrogen and oxygen atoms in total. The Bertz CT molecular complexity index is 1890. The maximum absolute atomic E-state index is 13.7. The van der Waals surface area contributed by atoms with Crippen LogP contribution in [0.4, 0.5) is 69.7 Å². The van der Waals surface area contributed by atoms with E-state index in [1.54, 1.807) is 17.0 Å². The van der Waals surface area contributed by atoms with Gasteiger partial charge in [-0.1, -0.05) is 24.3 Å². The number of carboxylic acids is 4. The molecule has 0 radical (unpaired) electrons. The minimum atomic E-state index is -5.08. The van der Waals surface area contributed by atoms with Gasteiger partial charge in [-0.25, -0.2) is 19.2 Å². The van der Waals surface area contributed by atoms with Crippen molar-refractivity contribution in [2.45, 2.75) is 50.0 Å². The highest BCUT2D eigenvalue weighted by Gasteiger charge is 2.40. The lowest BCUT2D eigenvalue weighted by Crippen LogP contribution is -2.49. The van der Waals surface area contributed by atoms with Gasteiger partial charge in [-0.05, 0) is 37.1 Å². The molecule has 376 valence electrons. The molecule has 2 aromatic rings. The molecule has 3 heterocycles. The number of amides is 3. The van der Waals surface area contributed by atoms with Gasteiger partial charge < -0.3 is 41.7 Å². The first-order chi connectivity index (χ1) is 30.8. The van der Waals surface area contributed by atoms with Crippen molar-refractivity contribution in [3.63, 3.8) is 0 Å². The average Bonchev–Trinajstić information content (AvgIpc) is 3.34. The number of anilines is 3. The molecule has 3 aliphatic heterocycles. The van der Waals surface area contributed by atoms with Crippen LogP contribution in [-0.2, 0) is 28.8 Å². The number of nitrogens with zero attached hydrogens (tertiary/aromatic N) is 4. The second-order valence-electron chi connectivity index (χ2n) is 13.8. The van der Waals surface area contributed by atoms with Crippen LogP contribution < -0.4 is 21.3 Å². The predicted molar refractivity (Wildman–Crippen MR) is 207 cm³/mol. The van der Waals surface area contributed by atoms with Gasteiger partial charge in [0.25, 0.3) is 5.91 Å². The molecular formula is C37H43F12N7O11. The van der Waals surface area contributed by atoms with Crippen LogP contribution in [0.25, 0.3) is 0 Å². The number of halogens is 12. The fourth-order valence-electron chi connectivity index (χ4n) is 5.70. The summed E-state index contributed by atoms with van der Waals surface area (Å²) >= 11 is 0. The Hall–Kier alpha value is -6.27. The van der Waals surface area contributed by atoms with Gasteiger partial charge in [0.2, 0.25) is 11.8 Å². The number of nitrogens with one attached hydrogen (secondary N) is 2. The Morgan fingerprint density at radius 3 is 1.40 bits per heavy atom. The number of nitrogens with two attached hydrogens (primary N) is 1. The van der Waals surface area contributed by atoms with Gasteiger partial charge in [-0.3, -0.25) is 29.1 Å². The summed E-state index contributed by atoms with van der Waals surface area (Å²) in [5.41, 5.74) is 8.00. The molecule has 2 saturated heterocycles. The SMILES string of the molecule is NCCN1CCN(CCC(=O)NC2CCN(CC(=O)N3c4ccccc4NC(=O)c4ccccc43)CC2)CC1.O=C(O)C(F)(F)F.O=C(O)C(F)(F)F.O=C(O)C(F)(F)F.O=C(O)C(F)(F)F. The smallest absolute Gasteiger partial charge is 0.475 e. The van der Waals surface area contributed by atoms with Crippen LogP contribution in [0.15, 0.2) is 48.5 Å². The number of hydrogen-bond acceptors (Lipinski definition) is 11. The maximum atomic E-state index is 13.7. The number of aliphatic carboxylic acids is 4. The highest BCUT2D eigenvalue weighted by molar-refractivity contribution is 6.18. The number of piperidine rings is 1. The quantitative estimate of drug-likeness (QED) is 0.185. The van der Waals surface area contributed by atoms with Crippen molar-refractivity contribution in [2.24, 2.45) is 5.73 Å². The summed E-state index contributed by atoms with van der Waals surface area (Å²) in [6.07, 6.45) is -18.2. The Morgan fingerprint density at radius 1 is 0.597 bits per heavy atom. The zero-order valence-corrected chi connectivity index (χ0v) is 34.4. The van der Waals surface area contributed by atoms with Gasteiger partial charge in [0, 0.05) is 71.4 Å². The van der Waals surface area contributed by atoms with Crippen molar-refractivity contribution < 1.29 is 107 Å². The molecule has 0 atom stereocenters. The molecular weight excluding hydrogens is 946 g/mol. The maximum Gasteiger partial charge on any atom is 0.490 e. The number of carbonyl (C=O) groups is 7. The van der Waals surface area contributed by atoms with E-state index in [0.29, 0.717) is 35.6 Å². The minimum Gasteiger partial charge on any atom is -0.475 e. The molecule has 0 unspecified atom stereocenters. The normalized spacial score (nSPS) is 15.8. The van der Waals surface area contributed by atoms with Crippen LogP contribution >= 0.6 is 0 Å². The molecule has 5 rings (SSSR count). The zero-order valence-electron chi connectivity index (χ0n) is 34.4. The van der Waals surface area contributed by atoms with Crippen molar-refractivity contribution in [3.05, 3.63) is 54.1 Å². The fraction of sp³-hybridized carbons (Fsp3) is 0.486. The molecule has 30 heteroatoms. The van der Waals surface area contributed by atoms with E-state index in [9.17, 15) is 67.1 Å². The zero-order chi connectivity index (χ0) is 51.5. The highest BCUT2D eigenvalue weighted by atomic mass is 19.4. The summed E-state index contributed by atoms with van der Waals surface area (Å²) in [7, 11) is 0. The predicted octanol–water partition coefficient (Wildman–Crippen LogP) is 4.00. The monoisotopic (exact) mass is 989 g/mol. The van der Waals surface area contributed by atoms with Crippen LogP contribution in [-0.4, -0.2) is 173 Å². The Balaban J connectivity index is 0.000000648. The summed E-state index contributed by atoms with van der Waals surface area (Å²) in [4.78, 5) is 83.2. The van der Waals surface area contributed by atoms with E-state index in [2.05, 4.69) is 25.3 Å². The highest BCUT2D eigenvalue weighted by Crippen LogP contribution is 2.38. The molecule has 0 spiro atoms. The standard InChI is InChI=1S/C29H39N7O3.4C2HF3O2/c30-12-16-34-19-17-33(18-20-34)15-11-27(37)31-22-9-13-35(14-10-22)21-28(38)36-25-7-3-1-5-23(25)29(39)32-24-6-2-4-8-26(24)36;4*3-2(4,5)1(6)7/h1-8,22H,9-21,30H2,(H,31,37)(H,32,39);4*(H,6,7). The van der Waals surface area contributed by atoms with Gasteiger partial charge >= 0.3 is 48.6 Å². The first-order valence-corrected chi connectivity index (χ1v) is 19.0. The second-order valence-corrected chi connectivity index (χ2v) is 13.8. The first kappa shape index (κ1) is 58.7. The lowest BCUT2D eigenvalue weighted by Gasteiger charge is -2.35. The number of rotatable bonds is 8. The van der Waals surface area contributed by atoms with Gasteiger partial charge in [-0.2, -0.15) is 52.7 Å². The van der Waals surface area contributed by atoms with Gasteiger partial charge in [0.1, 0.15) is 0 Å². The molecule has 8 N–H and O–H groups in total. The van der Waals surface area contributed by atoms with E-state index in [-0.39, 0.29) is 30.3 Å². The average molecular weight is 990 g/mol. The van der Waals surface area contributed by atoms with Crippen molar-refractivity contribution in [2.75, 3.05) is 75.7 Å². The summed E-state index contributed by atoms with van der Waals surface area (Å²) in [6.45, 7) is 8.10. The van der Waals surface area contributed by atoms with E-state index in [1.165, 1.54) is 0 Å². The minimum absolute atomic E-state index is 0.0829. The number of para-hydroxylation sites is 3. The number of alkyl halides is 12. The number of benzene rings is 2. The molecule has 3 amide bonds. The Labute approximate surface area is 370 Å². The van der Waals surface area contributed by atoms with Crippen LogP contribution in [0.1, 0.15) is 29.6 Å². The molecule has 0 aromatic heterocycles. The largest absolute Gasteiger partial charge is 0.490 e. The second kappa shape index (κ2) is 26.2. The molecule has 0 saturated carbocycles. The van der Waals surface area contributed by atoms with E-state index in [0.717, 1.165) is 65.2 Å². The Kier molecular flexibility index (Phi) is 22.9. The van der Waals surface area contributed by atoms with Crippen LogP contribution in [0.2, 0.25) is 0 Å².